The Balaban J connectivity index is 1.91. The topological polar surface area (TPSA) is 65.4 Å². The minimum Gasteiger partial charge on any atom is -0.494 e. The van der Waals surface area contributed by atoms with Crippen molar-refractivity contribution in [2.45, 2.75) is 12.5 Å². The second kappa shape index (κ2) is 5.49. The number of halogens is 1. The molecule has 0 radical (unpaired) electrons. The summed E-state index contributed by atoms with van der Waals surface area (Å²) < 4.78 is 20.9. The van der Waals surface area contributed by atoms with Crippen LogP contribution in [0.3, 0.4) is 0 Å². The molecule has 1 aromatic carbocycles. The maximum Gasteiger partial charge on any atom is 0.168 e. The van der Waals surface area contributed by atoms with Crippen molar-refractivity contribution in [1.82, 2.24) is 14.6 Å². The van der Waals surface area contributed by atoms with Gasteiger partial charge in [-0.2, -0.15) is 5.10 Å². The van der Waals surface area contributed by atoms with Gasteiger partial charge < -0.3 is 10.5 Å². The van der Waals surface area contributed by atoms with Crippen LogP contribution in [0.2, 0.25) is 0 Å². The fourth-order valence-corrected chi connectivity index (χ4v) is 2.36. The Bertz CT molecular complexity index is 771. The molecule has 0 spiro atoms. The number of fused-ring (bicyclic) bond motifs is 1. The lowest BCUT2D eigenvalue weighted by atomic mass is 10.0. The van der Waals surface area contributed by atoms with Crippen LogP contribution in [0.4, 0.5) is 4.39 Å². The van der Waals surface area contributed by atoms with Gasteiger partial charge in [-0.1, -0.05) is 12.1 Å². The molecule has 108 valence electrons. The zero-order valence-corrected chi connectivity index (χ0v) is 11.5. The van der Waals surface area contributed by atoms with Crippen molar-refractivity contribution in [3.05, 3.63) is 59.9 Å². The van der Waals surface area contributed by atoms with Gasteiger partial charge in [-0.15, -0.1) is 0 Å². The molecule has 0 amide bonds. The van der Waals surface area contributed by atoms with E-state index in [2.05, 4.69) is 10.1 Å². The van der Waals surface area contributed by atoms with Crippen LogP contribution in [0.5, 0.6) is 5.75 Å². The van der Waals surface area contributed by atoms with E-state index in [0.29, 0.717) is 12.0 Å². The van der Waals surface area contributed by atoms with Crippen molar-refractivity contribution in [3.8, 4) is 5.75 Å². The van der Waals surface area contributed by atoms with Gasteiger partial charge in [0.15, 0.2) is 11.6 Å². The maximum absolute atomic E-state index is 14.2. The van der Waals surface area contributed by atoms with Gasteiger partial charge in [0.1, 0.15) is 0 Å². The molecule has 0 aliphatic carbocycles. The molecule has 0 saturated heterocycles. The van der Waals surface area contributed by atoms with E-state index in [1.807, 2.05) is 0 Å². The Labute approximate surface area is 121 Å². The van der Waals surface area contributed by atoms with Crippen LogP contribution in [0.25, 0.3) is 5.52 Å². The molecule has 0 aliphatic rings. The summed E-state index contributed by atoms with van der Waals surface area (Å²) in [7, 11) is 1.44. The highest BCUT2D eigenvalue weighted by Crippen LogP contribution is 2.25. The average molecular weight is 286 g/mol. The molecule has 2 aromatic heterocycles. The number of benzene rings is 1. The van der Waals surface area contributed by atoms with Crippen molar-refractivity contribution in [2.24, 2.45) is 5.73 Å². The van der Waals surface area contributed by atoms with Gasteiger partial charge in [0, 0.05) is 24.0 Å². The lowest BCUT2D eigenvalue weighted by Gasteiger charge is -2.12. The Morgan fingerprint density at radius 2 is 2.24 bits per heavy atom. The van der Waals surface area contributed by atoms with E-state index in [1.165, 1.54) is 7.11 Å². The highest BCUT2D eigenvalue weighted by molar-refractivity contribution is 5.53. The first-order valence-electron chi connectivity index (χ1n) is 6.55. The lowest BCUT2D eigenvalue weighted by Crippen LogP contribution is -2.14. The van der Waals surface area contributed by atoms with Crippen molar-refractivity contribution >= 4 is 5.52 Å². The van der Waals surface area contributed by atoms with Crippen molar-refractivity contribution in [1.29, 1.82) is 0 Å². The molecule has 0 bridgehead atoms. The Hall–Kier alpha value is -2.47. The summed E-state index contributed by atoms with van der Waals surface area (Å²) >= 11 is 0. The van der Waals surface area contributed by atoms with E-state index in [1.54, 1.807) is 47.5 Å². The molecule has 5 nitrogen and oxygen atoms in total. The summed E-state index contributed by atoms with van der Waals surface area (Å²) in [6.07, 6.45) is 7.15. The average Bonchev–Trinajstić information content (AvgIpc) is 2.93. The molecular weight excluding hydrogens is 271 g/mol. The van der Waals surface area contributed by atoms with E-state index in [-0.39, 0.29) is 17.6 Å². The lowest BCUT2D eigenvalue weighted by molar-refractivity contribution is 0.383. The summed E-state index contributed by atoms with van der Waals surface area (Å²) in [5.74, 6) is -0.147. The molecule has 0 aliphatic heterocycles. The van der Waals surface area contributed by atoms with E-state index in [9.17, 15) is 4.39 Å². The monoisotopic (exact) mass is 286 g/mol. The maximum atomic E-state index is 14.2. The van der Waals surface area contributed by atoms with Gasteiger partial charge >= 0.3 is 0 Å². The molecule has 1 atom stereocenters. The summed E-state index contributed by atoms with van der Waals surface area (Å²) in [5.41, 5.74) is 8.39. The molecular formula is C15H15FN4O. The van der Waals surface area contributed by atoms with Gasteiger partial charge in [0.2, 0.25) is 0 Å². The van der Waals surface area contributed by atoms with Crippen LogP contribution in [0.1, 0.15) is 17.2 Å². The van der Waals surface area contributed by atoms with Crippen LogP contribution >= 0.6 is 0 Å². The Morgan fingerprint density at radius 1 is 1.38 bits per heavy atom. The number of methoxy groups -OCH3 is 1. The first-order valence-corrected chi connectivity index (χ1v) is 6.55. The molecule has 1 unspecified atom stereocenters. The summed E-state index contributed by atoms with van der Waals surface area (Å²) in [4.78, 5) is 4.07. The number of hydrogen-bond donors (Lipinski definition) is 1. The summed E-state index contributed by atoms with van der Waals surface area (Å²) in [5, 5.41) is 4.22. The van der Waals surface area contributed by atoms with Crippen molar-refractivity contribution in [2.75, 3.05) is 7.11 Å². The SMILES string of the molecule is COc1cccc(CC(N)c2cnn3ccncc23)c1F. The van der Waals surface area contributed by atoms with Crippen LogP contribution in [-0.4, -0.2) is 21.7 Å². The Morgan fingerprint density at radius 3 is 3.05 bits per heavy atom. The van der Waals surface area contributed by atoms with Gasteiger partial charge in [-0.05, 0) is 18.1 Å². The smallest absolute Gasteiger partial charge is 0.168 e. The van der Waals surface area contributed by atoms with E-state index < -0.39 is 0 Å². The molecule has 2 N–H and O–H groups in total. The largest absolute Gasteiger partial charge is 0.494 e. The third kappa shape index (κ3) is 2.45. The molecule has 21 heavy (non-hydrogen) atoms. The normalized spacial score (nSPS) is 12.5. The molecule has 0 fully saturated rings. The van der Waals surface area contributed by atoms with Gasteiger partial charge in [0.25, 0.3) is 0 Å². The fourth-order valence-electron chi connectivity index (χ4n) is 2.36. The number of nitrogens with two attached hydrogens (primary N) is 1. The number of nitrogens with zero attached hydrogens (tertiary/aromatic N) is 3. The number of aromatic nitrogens is 3. The Kier molecular flexibility index (Phi) is 3.53. The minimum atomic E-state index is -0.370. The van der Waals surface area contributed by atoms with Crippen LogP contribution in [0, 0.1) is 5.82 Å². The summed E-state index contributed by atoms with van der Waals surface area (Å²) in [6, 6.07) is 4.68. The van der Waals surface area contributed by atoms with Crippen LogP contribution in [-0.2, 0) is 6.42 Å². The first-order chi connectivity index (χ1) is 10.2. The molecule has 6 heteroatoms. The number of ether oxygens (including phenoxy) is 1. The van der Waals surface area contributed by atoms with Gasteiger partial charge in [0.05, 0.1) is 25.0 Å². The highest BCUT2D eigenvalue weighted by atomic mass is 19.1. The number of rotatable bonds is 4. The molecule has 0 saturated carbocycles. The van der Waals surface area contributed by atoms with Crippen molar-refractivity contribution in [3.63, 3.8) is 0 Å². The minimum absolute atomic E-state index is 0.223. The van der Waals surface area contributed by atoms with Crippen LogP contribution in [0.15, 0.2) is 43.0 Å². The van der Waals surface area contributed by atoms with Crippen LogP contribution < -0.4 is 10.5 Å². The third-order valence-corrected chi connectivity index (χ3v) is 3.46. The fraction of sp³-hybridized carbons (Fsp3) is 0.200. The predicted octanol–water partition coefficient (Wildman–Crippen LogP) is 2.12. The first kappa shape index (κ1) is 13.5. The predicted molar refractivity (Wildman–Crippen MR) is 76.6 cm³/mol. The molecule has 3 rings (SSSR count). The number of hydrogen-bond acceptors (Lipinski definition) is 4. The van der Waals surface area contributed by atoms with Gasteiger partial charge in [-0.3, -0.25) is 4.98 Å². The zero-order valence-electron chi connectivity index (χ0n) is 11.5. The van der Waals surface area contributed by atoms with E-state index in [0.717, 1.165) is 11.1 Å². The zero-order chi connectivity index (χ0) is 14.8. The third-order valence-electron chi connectivity index (χ3n) is 3.46. The molecule has 2 heterocycles. The molecule has 3 aromatic rings. The standard InChI is InChI=1S/C15H15FN4O/c1-21-14-4-2-3-10(15(14)16)7-12(17)11-8-19-20-6-5-18-9-13(11)20/h2-6,8-9,12H,7,17H2,1H3. The summed E-state index contributed by atoms with van der Waals surface area (Å²) in [6.45, 7) is 0. The highest BCUT2D eigenvalue weighted by Gasteiger charge is 2.16. The van der Waals surface area contributed by atoms with Gasteiger partial charge in [-0.25, -0.2) is 8.91 Å². The van der Waals surface area contributed by atoms with Crippen molar-refractivity contribution < 1.29 is 9.13 Å². The second-order valence-electron chi connectivity index (χ2n) is 4.75. The second-order valence-corrected chi connectivity index (χ2v) is 4.75. The quantitative estimate of drug-likeness (QED) is 0.798. The van der Waals surface area contributed by atoms with E-state index in [4.69, 9.17) is 10.5 Å². The van der Waals surface area contributed by atoms with E-state index >= 15 is 0 Å².